The molecule has 0 bridgehead atoms. The third kappa shape index (κ3) is 4.62. The molecule has 0 saturated carbocycles. The smallest absolute Gasteiger partial charge is 0.417 e. The minimum absolute atomic E-state index is 0.0150. The van der Waals surface area contributed by atoms with Gasteiger partial charge in [-0.15, -0.1) is 10.2 Å². The minimum atomic E-state index is -4.65. The second-order valence-electron chi connectivity index (χ2n) is 6.46. The molecule has 2 aromatic rings. The fourth-order valence-electron chi connectivity index (χ4n) is 3.17. The lowest BCUT2D eigenvalue weighted by atomic mass is 9.97. The molecule has 1 aromatic carbocycles. The van der Waals surface area contributed by atoms with Crippen molar-refractivity contribution in [1.82, 2.24) is 15.1 Å². The molecule has 26 heavy (non-hydrogen) atoms. The molecule has 5 nitrogen and oxygen atoms in total. The number of likely N-dealkylation sites (tertiary alicyclic amines) is 1. The standard InChI is InChI=1S/C18H20F3N3O2/c19-18(20,21)17-23-22-16(26-17)14-9-5-11-24(12-14)15(25)10-4-8-13-6-2-1-3-7-13/h1-3,6-7,14H,4-5,8-12H2. The molecule has 1 aliphatic rings. The van der Waals surface area contributed by atoms with E-state index < -0.39 is 12.1 Å². The number of alkyl halides is 3. The Hall–Kier alpha value is -2.38. The molecular weight excluding hydrogens is 347 g/mol. The van der Waals surface area contributed by atoms with Gasteiger partial charge in [0, 0.05) is 19.5 Å². The van der Waals surface area contributed by atoms with Crippen LogP contribution in [0.25, 0.3) is 0 Å². The van der Waals surface area contributed by atoms with E-state index >= 15 is 0 Å². The van der Waals surface area contributed by atoms with Crippen LogP contribution in [0.5, 0.6) is 0 Å². The quantitative estimate of drug-likeness (QED) is 0.806. The summed E-state index contributed by atoms with van der Waals surface area (Å²) in [6.07, 6.45) is -1.33. The number of piperidine rings is 1. The summed E-state index contributed by atoms with van der Waals surface area (Å²) >= 11 is 0. The van der Waals surface area contributed by atoms with Crippen molar-refractivity contribution in [3.63, 3.8) is 0 Å². The zero-order valence-corrected chi connectivity index (χ0v) is 14.2. The Labute approximate surface area is 149 Å². The summed E-state index contributed by atoms with van der Waals surface area (Å²) in [7, 11) is 0. The monoisotopic (exact) mass is 367 g/mol. The summed E-state index contributed by atoms with van der Waals surface area (Å²) in [5, 5.41) is 6.60. The van der Waals surface area contributed by atoms with Crippen molar-refractivity contribution in [3.05, 3.63) is 47.7 Å². The first-order valence-electron chi connectivity index (χ1n) is 8.66. The Morgan fingerprint density at radius 2 is 2.00 bits per heavy atom. The van der Waals surface area contributed by atoms with Gasteiger partial charge in [-0.3, -0.25) is 4.79 Å². The highest BCUT2D eigenvalue weighted by Gasteiger charge is 2.39. The van der Waals surface area contributed by atoms with Crippen molar-refractivity contribution >= 4 is 5.91 Å². The Morgan fingerprint density at radius 3 is 2.69 bits per heavy atom. The van der Waals surface area contributed by atoms with E-state index in [1.165, 1.54) is 5.56 Å². The highest BCUT2D eigenvalue weighted by molar-refractivity contribution is 5.76. The van der Waals surface area contributed by atoms with Crippen molar-refractivity contribution in [3.8, 4) is 0 Å². The number of carbonyl (C=O) groups excluding carboxylic acids is 1. The van der Waals surface area contributed by atoms with E-state index in [2.05, 4.69) is 10.2 Å². The van der Waals surface area contributed by atoms with Crippen LogP contribution in [0.2, 0.25) is 0 Å². The molecule has 0 N–H and O–H groups in total. The van der Waals surface area contributed by atoms with Gasteiger partial charge < -0.3 is 9.32 Å². The van der Waals surface area contributed by atoms with Crippen molar-refractivity contribution in [2.24, 2.45) is 0 Å². The number of hydrogen-bond acceptors (Lipinski definition) is 4. The molecule has 1 saturated heterocycles. The molecule has 1 amide bonds. The second kappa shape index (κ2) is 7.88. The van der Waals surface area contributed by atoms with Crippen LogP contribution in [0.3, 0.4) is 0 Å². The van der Waals surface area contributed by atoms with Crippen LogP contribution < -0.4 is 0 Å². The Bertz CT molecular complexity index is 731. The van der Waals surface area contributed by atoms with Crippen molar-refractivity contribution in [1.29, 1.82) is 0 Å². The molecule has 1 aliphatic heterocycles. The van der Waals surface area contributed by atoms with Gasteiger partial charge in [-0.1, -0.05) is 30.3 Å². The van der Waals surface area contributed by atoms with Crippen molar-refractivity contribution in [2.45, 2.75) is 44.2 Å². The Kier molecular flexibility index (Phi) is 5.58. The van der Waals surface area contributed by atoms with Gasteiger partial charge in [0.25, 0.3) is 0 Å². The molecule has 2 heterocycles. The first-order valence-corrected chi connectivity index (χ1v) is 8.66. The van der Waals surface area contributed by atoms with Crippen LogP contribution >= 0.6 is 0 Å². The summed E-state index contributed by atoms with van der Waals surface area (Å²) < 4.78 is 42.5. The van der Waals surface area contributed by atoms with Crippen molar-refractivity contribution < 1.29 is 22.4 Å². The maximum atomic E-state index is 12.6. The molecule has 1 atom stereocenters. The average molecular weight is 367 g/mol. The lowest BCUT2D eigenvalue weighted by molar-refractivity contribution is -0.157. The number of hydrogen-bond donors (Lipinski definition) is 0. The predicted molar refractivity (Wildman–Crippen MR) is 87.2 cm³/mol. The number of aromatic nitrogens is 2. The second-order valence-corrected chi connectivity index (χ2v) is 6.46. The summed E-state index contributed by atoms with van der Waals surface area (Å²) in [5.41, 5.74) is 1.18. The van der Waals surface area contributed by atoms with E-state index in [4.69, 9.17) is 4.42 Å². The molecule has 8 heteroatoms. The van der Waals surface area contributed by atoms with Gasteiger partial charge in [0.15, 0.2) is 0 Å². The normalized spacial score (nSPS) is 18.1. The van der Waals surface area contributed by atoms with Gasteiger partial charge >= 0.3 is 12.1 Å². The molecule has 140 valence electrons. The molecule has 0 aliphatic carbocycles. The SMILES string of the molecule is O=C(CCCc1ccccc1)N1CCCC(c2nnc(C(F)(F)F)o2)C1. The van der Waals surface area contributed by atoms with E-state index in [1.54, 1.807) is 4.90 Å². The number of amides is 1. The zero-order valence-electron chi connectivity index (χ0n) is 14.2. The lowest BCUT2D eigenvalue weighted by Crippen LogP contribution is -2.39. The van der Waals surface area contributed by atoms with E-state index in [9.17, 15) is 18.0 Å². The fourth-order valence-corrected chi connectivity index (χ4v) is 3.17. The zero-order chi connectivity index (χ0) is 18.6. The molecule has 0 radical (unpaired) electrons. The number of rotatable bonds is 5. The molecule has 1 aromatic heterocycles. The van der Waals surface area contributed by atoms with Gasteiger partial charge in [-0.2, -0.15) is 13.2 Å². The molecule has 3 rings (SSSR count). The van der Waals surface area contributed by atoms with Gasteiger partial charge in [0.05, 0.1) is 5.92 Å². The first-order chi connectivity index (χ1) is 12.4. The summed E-state index contributed by atoms with van der Waals surface area (Å²) in [6, 6.07) is 9.92. The van der Waals surface area contributed by atoms with Gasteiger partial charge in [-0.05, 0) is 31.2 Å². The van der Waals surface area contributed by atoms with Crippen LogP contribution in [0.4, 0.5) is 13.2 Å². The van der Waals surface area contributed by atoms with Gasteiger partial charge in [-0.25, -0.2) is 0 Å². The largest absolute Gasteiger partial charge is 0.470 e. The summed E-state index contributed by atoms with van der Waals surface area (Å²) in [5.74, 6) is -1.70. The van der Waals surface area contributed by atoms with Gasteiger partial charge in [0.1, 0.15) is 0 Å². The number of aryl methyl sites for hydroxylation is 1. The van der Waals surface area contributed by atoms with Crippen LogP contribution in [0.15, 0.2) is 34.7 Å². The fraction of sp³-hybridized carbons (Fsp3) is 0.500. The van der Waals surface area contributed by atoms with E-state index in [1.807, 2.05) is 30.3 Å². The summed E-state index contributed by atoms with van der Waals surface area (Å²) in [4.78, 5) is 14.1. The van der Waals surface area contributed by atoms with E-state index in [-0.39, 0.29) is 17.7 Å². The number of benzene rings is 1. The van der Waals surface area contributed by atoms with Crippen LogP contribution in [0, 0.1) is 0 Å². The Morgan fingerprint density at radius 1 is 1.23 bits per heavy atom. The molecular formula is C18H20F3N3O2. The van der Waals surface area contributed by atoms with Crippen LogP contribution in [0.1, 0.15) is 48.9 Å². The first kappa shape index (κ1) is 18.4. The minimum Gasteiger partial charge on any atom is -0.417 e. The lowest BCUT2D eigenvalue weighted by Gasteiger charge is -2.31. The maximum absolute atomic E-state index is 12.6. The summed E-state index contributed by atoms with van der Waals surface area (Å²) in [6.45, 7) is 0.935. The predicted octanol–water partition coefficient (Wildman–Crippen LogP) is 3.82. The van der Waals surface area contributed by atoms with Crippen molar-refractivity contribution in [2.75, 3.05) is 13.1 Å². The highest BCUT2D eigenvalue weighted by Crippen LogP contribution is 2.32. The van der Waals surface area contributed by atoms with Gasteiger partial charge in [0.2, 0.25) is 11.8 Å². The molecule has 0 spiro atoms. The average Bonchev–Trinajstić information content (AvgIpc) is 3.13. The number of halogens is 3. The third-order valence-corrected chi connectivity index (χ3v) is 4.51. The molecule has 1 unspecified atom stereocenters. The number of carbonyl (C=O) groups is 1. The third-order valence-electron chi connectivity index (χ3n) is 4.51. The number of nitrogens with zero attached hydrogens (tertiary/aromatic N) is 3. The van der Waals surface area contributed by atoms with Crippen LogP contribution in [-0.2, 0) is 17.4 Å². The Balaban J connectivity index is 1.52. The maximum Gasteiger partial charge on any atom is 0.470 e. The van der Waals surface area contributed by atoms with Crippen LogP contribution in [-0.4, -0.2) is 34.1 Å². The highest BCUT2D eigenvalue weighted by atomic mass is 19.4. The topological polar surface area (TPSA) is 59.2 Å². The van der Waals surface area contributed by atoms with E-state index in [0.29, 0.717) is 32.4 Å². The molecule has 1 fully saturated rings. The van der Waals surface area contributed by atoms with E-state index in [0.717, 1.165) is 12.8 Å².